The molecule has 3 atom stereocenters. The smallest absolute Gasteiger partial charge is 0.264 e. The molecule has 2 N–H and O–H groups in total. The molecule has 10 nitrogen and oxygen atoms in total. The number of likely N-dealkylation sites (N-methyl/N-ethyl adjacent to an activating group) is 1. The van der Waals surface area contributed by atoms with Crippen molar-refractivity contribution in [2.45, 2.75) is 81.1 Å². The summed E-state index contributed by atoms with van der Waals surface area (Å²) in [7, 11) is 0.306. The van der Waals surface area contributed by atoms with Crippen molar-refractivity contribution >= 4 is 32.7 Å². The van der Waals surface area contributed by atoms with E-state index in [1.807, 2.05) is 43.3 Å². The minimum absolute atomic E-state index is 0.0448. The van der Waals surface area contributed by atoms with Gasteiger partial charge in [0.1, 0.15) is 5.75 Å². The number of aromatic nitrogens is 1. The van der Waals surface area contributed by atoms with Crippen LogP contribution >= 0.6 is 0 Å². The zero-order valence-electron chi connectivity index (χ0n) is 27.2. The molecule has 4 fully saturated rings. The number of nitrogens with zero attached hydrogens (tertiary/aromatic N) is 3. The zero-order chi connectivity index (χ0) is 32.7. The summed E-state index contributed by atoms with van der Waals surface area (Å²) in [4.78, 5) is 32.1. The topological polar surface area (TPSA) is 121 Å². The Morgan fingerprint density at radius 3 is 2.60 bits per heavy atom. The van der Waals surface area contributed by atoms with E-state index >= 15 is 0 Å². The lowest BCUT2D eigenvalue weighted by Crippen LogP contribution is -2.51. The van der Waals surface area contributed by atoms with Crippen molar-refractivity contribution < 1.29 is 27.9 Å². The van der Waals surface area contributed by atoms with Crippen LogP contribution in [0.3, 0.4) is 0 Å². The van der Waals surface area contributed by atoms with Gasteiger partial charge in [0, 0.05) is 54.1 Å². The van der Waals surface area contributed by atoms with E-state index in [0.29, 0.717) is 57.0 Å². The van der Waals surface area contributed by atoms with E-state index < -0.39 is 26.6 Å². The first kappa shape index (κ1) is 30.9. The van der Waals surface area contributed by atoms with Crippen LogP contribution in [0.4, 0.5) is 0 Å². The first-order valence-electron chi connectivity index (χ1n) is 17.2. The Balaban J connectivity index is 1.27. The van der Waals surface area contributed by atoms with Gasteiger partial charge in [-0.1, -0.05) is 25.3 Å². The van der Waals surface area contributed by atoms with Gasteiger partial charge in [0.25, 0.3) is 5.91 Å². The lowest BCUT2D eigenvalue weighted by molar-refractivity contribution is -0.145. The molecule has 2 aliphatic heterocycles. The molecule has 1 aromatic heterocycles. The van der Waals surface area contributed by atoms with Crippen LogP contribution in [0.25, 0.3) is 22.2 Å². The second-order valence-corrected chi connectivity index (χ2v) is 16.7. The summed E-state index contributed by atoms with van der Waals surface area (Å²) in [6.07, 6.45) is 7.40. The highest BCUT2D eigenvalue weighted by atomic mass is 32.2. The first-order chi connectivity index (χ1) is 22.6. The van der Waals surface area contributed by atoms with Crippen molar-refractivity contribution in [3.8, 4) is 17.0 Å². The Labute approximate surface area is 276 Å². The molecule has 3 unspecified atom stereocenters. The number of benzene rings is 2. The van der Waals surface area contributed by atoms with Crippen LogP contribution in [0.1, 0.15) is 84.7 Å². The molecule has 0 bridgehead atoms. The first-order valence-corrected chi connectivity index (χ1v) is 18.7. The van der Waals surface area contributed by atoms with E-state index in [4.69, 9.17) is 4.74 Å². The zero-order valence-corrected chi connectivity index (χ0v) is 28.0. The maximum Gasteiger partial charge on any atom is 0.264 e. The van der Waals surface area contributed by atoms with Gasteiger partial charge in [0.2, 0.25) is 15.9 Å². The summed E-state index contributed by atoms with van der Waals surface area (Å²) >= 11 is 0. The van der Waals surface area contributed by atoms with Crippen molar-refractivity contribution in [1.82, 2.24) is 19.1 Å². The number of ether oxygens (including phenoxy) is 1. The minimum Gasteiger partial charge on any atom is -0.508 e. The van der Waals surface area contributed by atoms with Gasteiger partial charge in [-0.3, -0.25) is 9.59 Å². The normalized spacial score (nSPS) is 26.0. The number of aromatic hydroxyl groups is 1. The Bertz CT molecular complexity index is 1880. The van der Waals surface area contributed by atoms with Crippen molar-refractivity contribution in [1.29, 1.82) is 0 Å². The van der Waals surface area contributed by atoms with Crippen molar-refractivity contribution in [3.63, 3.8) is 0 Å². The molecule has 0 radical (unpaired) electrons. The molecule has 3 aromatic rings. The van der Waals surface area contributed by atoms with Gasteiger partial charge in [0.15, 0.2) is 0 Å². The van der Waals surface area contributed by atoms with Gasteiger partial charge in [-0.15, -0.1) is 0 Å². The fourth-order valence-corrected chi connectivity index (χ4v) is 9.99. The van der Waals surface area contributed by atoms with Crippen LogP contribution in [0.5, 0.6) is 5.75 Å². The number of amides is 2. The number of rotatable bonds is 7. The minimum atomic E-state index is -3.71. The second kappa shape index (κ2) is 11.3. The maximum atomic E-state index is 14.7. The summed E-state index contributed by atoms with van der Waals surface area (Å²) in [5, 5.41) is 11.3. The van der Waals surface area contributed by atoms with Gasteiger partial charge in [-0.05, 0) is 93.6 Å². The fraction of sp³-hybridized carbons (Fsp3) is 0.556. The predicted molar refractivity (Wildman–Crippen MR) is 179 cm³/mol. The summed E-state index contributed by atoms with van der Waals surface area (Å²) in [6.45, 7) is 2.75. The molecule has 47 heavy (non-hydrogen) atoms. The van der Waals surface area contributed by atoms with Gasteiger partial charge < -0.3 is 24.2 Å². The average Bonchev–Trinajstić information content (AvgIpc) is 3.97. The van der Waals surface area contributed by atoms with Gasteiger partial charge in [-0.25, -0.2) is 13.1 Å². The van der Waals surface area contributed by atoms with Crippen LogP contribution < -0.4 is 4.72 Å². The molecule has 5 aliphatic rings. The third kappa shape index (κ3) is 5.34. The number of carbonyl (C=O) groups excluding carboxylic acids is 2. The van der Waals surface area contributed by atoms with E-state index in [0.717, 1.165) is 60.0 Å². The second-order valence-electron chi connectivity index (χ2n) is 14.8. The molecule has 0 spiro atoms. The quantitative estimate of drug-likeness (QED) is 0.381. The van der Waals surface area contributed by atoms with E-state index in [1.54, 1.807) is 12.1 Å². The maximum absolute atomic E-state index is 14.7. The highest BCUT2D eigenvalue weighted by molar-refractivity contribution is 7.91. The van der Waals surface area contributed by atoms with Gasteiger partial charge in [-0.2, -0.15) is 0 Å². The molecule has 11 heteroatoms. The number of hydrogen-bond acceptors (Lipinski definition) is 7. The lowest BCUT2D eigenvalue weighted by atomic mass is 9.81. The van der Waals surface area contributed by atoms with E-state index in [2.05, 4.69) is 14.2 Å². The molecule has 1 saturated heterocycles. The number of hydrogen-bond donors (Lipinski definition) is 2. The van der Waals surface area contributed by atoms with E-state index in [-0.39, 0.29) is 23.7 Å². The number of phenolic OH excluding ortho intramolecular Hbond substituents is 1. The van der Waals surface area contributed by atoms with Crippen molar-refractivity contribution in [2.75, 3.05) is 40.3 Å². The molecule has 2 amide bonds. The molecule has 2 aromatic carbocycles. The number of carbonyl (C=O) groups is 2. The molecule has 250 valence electrons. The van der Waals surface area contributed by atoms with Crippen molar-refractivity contribution in [2.24, 2.45) is 5.41 Å². The predicted octanol–water partition coefficient (Wildman–Crippen LogP) is 4.56. The Morgan fingerprint density at radius 2 is 1.85 bits per heavy atom. The van der Waals surface area contributed by atoms with Crippen molar-refractivity contribution in [3.05, 3.63) is 53.1 Å². The Morgan fingerprint density at radius 1 is 1.06 bits per heavy atom. The fourth-order valence-electron chi connectivity index (χ4n) is 8.69. The highest BCUT2D eigenvalue weighted by Gasteiger charge is 2.64. The third-order valence-corrected chi connectivity index (χ3v) is 13.0. The van der Waals surface area contributed by atoms with Gasteiger partial charge in [0.05, 0.1) is 29.1 Å². The SMILES string of the molecule is CN(C)CC1CN(C(=O)C23CC2c2cc(O)ccc2-c2c(C4CCCCC4)c4ccc(C(=O)NS(=O)(=O)C5CC5)cc4n2C3)CCO1. The Kier molecular flexibility index (Phi) is 7.46. The standard InChI is InChI=1S/C36H44N4O6S/c1-38(2)19-25-20-39(14-15-46-25)35(43)36-18-30(36)29-17-24(41)9-13-27(29)33-32(22-6-4-3-5-7-22)28-12-8-23(16-31(28)40(33)21-36)34(42)37-47(44,45)26-10-11-26/h8-9,12-13,16-17,22,25-26,30,41H,3-7,10-11,14-15,18-21H2,1-2H3,(H,37,42). The largest absolute Gasteiger partial charge is 0.508 e. The molecule has 3 aliphatic carbocycles. The number of fused-ring (bicyclic) bond motifs is 7. The number of nitrogens with one attached hydrogen (secondary N) is 1. The van der Waals surface area contributed by atoms with Crippen LogP contribution in [0, 0.1) is 5.41 Å². The molecule has 3 saturated carbocycles. The van der Waals surface area contributed by atoms with E-state index in [1.165, 1.54) is 12.0 Å². The molecule has 3 heterocycles. The van der Waals surface area contributed by atoms with Crippen LogP contribution in [-0.2, 0) is 26.1 Å². The number of phenols is 1. The average molecular weight is 661 g/mol. The summed E-state index contributed by atoms with van der Waals surface area (Å²) in [5.74, 6) is -0.0400. The molecule has 8 rings (SSSR count). The highest BCUT2D eigenvalue weighted by Crippen LogP contribution is 2.66. The monoisotopic (exact) mass is 660 g/mol. The summed E-state index contributed by atoms with van der Waals surface area (Å²) in [5.41, 5.74) is 4.79. The Hall–Kier alpha value is -3.41. The van der Waals surface area contributed by atoms with Gasteiger partial charge >= 0.3 is 0 Å². The molecular weight excluding hydrogens is 616 g/mol. The summed E-state index contributed by atoms with van der Waals surface area (Å²) < 4.78 is 35.9. The van der Waals surface area contributed by atoms with Crippen LogP contribution in [0.15, 0.2) is 36.4 Å². The number of morpholine rings is 1. The molecular formula is C36H44N4O6S. The number of sulfonamides is 1. The third-order valence-electron chi connectivity index (χ3n) is 11.2. The van der Waals surface area contributed by atoms with E-state index in [9.17, 15) is 23.1 Å². The van der Waals surface area contributed by atoms with Crippen LogP contribution in [-0.4, -0.2) is 91.4 Å². The van der Waals surface area contributed by atoms with Crippen LogP contribution in [0.2, 0.25) is 0 Å². The summed E-state index contributed by atoms with van der Waals surface area (Å²) in [6, 6.07) is 11.1. The lowest BCUT2D eigenvalue weighted by Gasteiger charge is -2.36.